The minimum absolute atomic E-state index is 0.541. The molecule has 1 rings (SSSR count). The second kappa shape index (κ2) is 9.22. The van der Waals surface area contributed by atoms with Crippen molar-refractivity contribution in [3.63, 3.8) is 0 Å². The number of rotatable bonds is 8. The van der Waals surface area contributed by atoms with Crippen molar-refractivity contribution >= 4 is 11.8 Å². The fraction of sp³-hybridized carbons (Fsp3) is 1.00. The summed E-state index contributed by atoms with van der Waals surface area (Å²) < 4.78 is 0. The number of nitrogens with zero attached hydrogens (tertiary/aromatic N) is 1. The van der Waals surface area contributed by atoms with Gasteiger partial charge in [-0.05, 0) is 38.1 Å². The maximum atomic E-state index is 3.62. The van der Waals surface area contributed by atoms with Crippen LogP contribution in [0.1, 0.15) is 45.4 Å². The molecule has 3 heteroatoms. The van der Waals surface area contributed by atoms with Crippen LogP contribution in [0.2, 0.25) is 0 Å². The lowest BCUT2D eigenvalue weighted by atomic mass is 9.79. The molecule has 2 nitrogen and oxygen atoms in total. The maximum Gasteiger partial charge on any atom is 0.00694 e. The van der Waals surface area contributed by atoms with Gasteiger partial charge in [0.25, 0.3) is 0 Å². The highest BCUT2D eigenvalue weighted by atomic mass is 32.2. The van der Waals surface area contributed by atoms with Gasteiger partial charge in [-0.3, -0.25) is 0 Å². The van der Waals surface area contributed by atoms with Crippen molar-refractivity contribution in [2.24, 2.45) is 5.41 Å². The topological polar surface area (TPSA) is 15.3 Å². The second-order valence-corrected chi connectivity index (χ2v) is 6.91. The molecule has 0 saturated heterocycles. The van der Waals surface area contributed by atoms with Gasteiger partial charge in [-0.25, -0.2) is 0 Å². The average Bonchev–Trinajstić information content (AvgIpc) is 2.60. The van der Waals surface area contributed by atoms with Gasteiger partial charge in [-0.15, -0.1) is 0 Å². The van der Waals surface area contributed by atoms with Crippen molar-refractivity contribution in [3.8, 4) is 0 Å². The molecule has 108 valence electrons. The average molecular weight is 273 g/mol. The number of nitrogens with one attached hydrogen (secondary N) is 1. The van der Waals surface area contributed by atoms with Crippen LogP contribution < -0.4 is 5.32 Å². The molecule has 0 bridgehead atoms. The predicted octanol–water partition coefficient (Wildman–Crippen LogP) is 3.23. The highest BCUT2D eigenvalue weighted by molar-refractivity contribution is 7.98. The van der Waals surface area contributed by atoms with Crippen molar-refractivity contribution in [2.45, 2.75) is 45.4 Å². The van der Waals surface area contributed by atoms with Gasteiger partial charge in [-0.2, -0.15) is 11.8 Å². The highest BCUT2D eigenvalue weighted by Crippen LogP contribution is 2.35. The van der Waals surface area contributed by atoms with Crippen LogP contribution in [-0.4, -0.2) is 50.1 Å². The molecule has 18 heavy (non-hydrogen) atoms. The summed E-state index contributed by atoms with van der Waals surface area (Å²) in [6.07, 6.45) is 10.8. The Labute approximate surface area is 118 Å². The summed E-state index contributed by atoms with van der Waals surface area (Å²) in [6, 6.07) is 0. The van der Waals surface area contributed by atoms with Gasteiger partial charge in [0.1, 0.15) is 0 Å². The first kappa shape index (κ1) is 16.3. The van der Waals surface area contributed by atoms with Crippen LogP contribution in [0.25, 0.3) is 0 Å². The van der Waals surface area contributed by atoms with Gasteiger partial charge in [-0.1, -0.05) is 32.6 Å². The molecule has 0 heterocycles. The van der Waals surface area contributed by atoms with E-state index in [2.05, 4.69) is 30.4 Å². The summed E-state index contributed by atoms with van der Waals surface area (Å²) in [7, 11) is 2.30. The van der Waals surface area contributed by atoms with Gasteiger partial charge < -0.3 is 10.2 Å². The van der Waals surface area contributed by atoms with E-state index < -0.39 is 0 Å². The van der Waals surface area contributed by atoms with Crippen LogP contribution in [0, 0.1) is 5.41 Å². The van der Waals surface area contributed by atoms with Gasteiger partial charge in [0.05, 0.1) is 0 Å². The molecule has 0 amide bonds. The fourth-order valence-electron chi connectivity index (χ4n) is 3.16. The Hall–Kier alpha value is 0.270. The normalized spacial score (nSPS) is 20.0. The molecule has 0 atom stereocenters. The van der Waals surface area contributed by atoms with Crippen LogP contribution in [0.5, 0.6) is 0 Å². The molecule has 1 aliphatic rings. The van der Waals surface area contributed by atoms with Gasteiger partial charge in [0.15, 0.2) is 0 Å². The molecule has 1 fully saturated rings. The summed E-state index contributed by atoms with van der Waals surface area (Å²) in [5.41, 5.74) is 0.541. The molecule has 0 radical (unpaired) electrons. The largest absolute Gasteiger partial charge is 0.316 e. The third kappa shape index (κ3) is 5.94. The maximum absolute atomic E-state index is 3.62. The minimum Gasteiger partial charge on any atom is -0.316 e. The minimum atomic E-state index is 0.541. The highest BCUT2D eigenvalue weighted by Gasteiger charge is 2.31. The number of hydrogen-bond donors (Lipinski definition) is 1. The fourth-order valence-corrected chi connectivity index (χ4v) is 3.65. The zero-order chi connectivity index (χ0) is 13.3. The van der Waals surface area contributed by atoms with Crippen molar-refractivity contribution in [2.75, 3.05) is 45.2 Å². The van der Waals surface area contributed by atoms with E-state index in [0.29, 0.717) is 5.41 Å². The molecule has 0 aromatic heterocycles. The van der Waals surface area contributed by atoms with Crippen molar-refractivity contribution < 1.29 is 0 Å². The molecule has 1 saturated carbocycles. The molecule has 0 spiro atoms. The van der Waals surface area contributed by atoms with E-state index in [-0.39, 0.29) is 0 Å². The molecule has 0 unspecified atom stereocenters. The Morgan fingerprint density at radius 3 is 2.39 bits per heavy atom. The van der Waals surface area contributed by atoms with Gasteiger partial charge >= 0.3 is 0 Å². The Morgan fingerprint density at radius 1 is 1.17 bits per heavy atom. The zero-order valence-corrected chi connectivity index (χ0v) is 13.5. The van der Waals surface area contributed by atoms with Crippen LogP contribution >= 0.6 is 11.8 Å². The molecule has 0 aliphatic heterocycles. The van der Waals surface area contributed by atoms with E-state index in [0.717, 1.165) is 6.54 Å². The van der Waals surface area contributed by atoms with E-state index >= 15 is 0 Å². The van der Waals surface area contributed by atoms with Gasteiger partial charge in [0, 0.05) is 25.4 Å². The smallest absolute Gasteiger partial charge is 0.00694 e. The van der Waals surface area contributed by atoms with E-state index in [4.69, 9.17) is 0 Å². The van der Waals surface area contributed by atoms with Gasteiger partial charge in [0.2, 0.25) is 0 Å². The van der Waals surface area contributed by atoms with Crippen LogP contribution in [0.4, 0.5) is 0 Å². The van der Waals surface area contributed by atoms with E-state index in [1.165, 1.54) is 63.9 Å². The van der Waals surface area contributed by atoms with E-state index in [1.54, 1.807) is 0 Å². The Balaban J connectivity index is 2.51. The molecule has 0 aromatic rings. The molecular formula is C15H32N2S. The number of thioether (sulfide) groups is 1. The van der Waals surface area contributed by atoms with Crippen molar-refractivity contribution in [1.29, 1.82) is 0 Å². The number of hydrogen-bond acceptors (Lipinski definition) is 3. The molecule has 0 aromatic carbocycles. The first-order valence-corrected chi connectivity index (χ1v) is 9.00. The standard InChI is InChI=1S/C15H32N2S/c1-4-16-13-15(9-7-5-6-8-10-15)14-17(2)11-12-18-3/h16H,4-14H2,1-3H3. The lowest BCUT2D eigenvalue weighted by Crippen LogP contribution is -2.43. The summed E-state index contributed by atoms with van der Waals surface area (Å²) in [4.78, 5) is 2.55. The molecule has 1 N–H and O–H groups in total. The van der Waals surface area contributed by atoms with Crippen LogP contribution in [0.3, 0.4) is 0 Å². The van der Waals surface area contributed by atoms with E-state index in [9.17, 15) is 0 Å². The third-order valence-electron chi connectivity index (χ3n) is 4.20. The summed E-state index contributed by atoms with van der Waals surface area (Å²) in [5.74, 6) is 1.26. The summed E-state index contributed by atoms with van der Waals surface area (Å²) in [6.45, 7) is 7.06. The van der Waals surface area contributed by atoms with E-state index in [1.807, 2.05) is 11.8 Å². The first-order chi connectivity index (χ1) is 8.72. The Kier molecular flexibility index (Phi) is 8.36. The van der Waals surface area contributed by atoms with Crippen LogP contribution in [-0.2, 0) is 0 Å². The Bertz CT molecular complexity index is 201. The monoisotopic (exact) mass is 272 g/mol. The molecule has 1 aliphatic carbocycles. The Morgan fingerprint density at radius 2 is 1.83 bits per heavy atom. The third-order valence-corrected chi connectivity index (χ3v) is 4.79. The lowest BCUT2D eigenvalue weighted by Gasteiger charge is -2.37. The molecular weight excluding hydrogens is 240 g/mol. The zero-order valence-electron chi connectivity index (χ0n) is 12.6. The summed E-state index contributed by atoms with van der Waals surface area (Å²) >= 11 is 1.96. The lowest BCUT2D eigenvalue weighted by molar-refractivity contribution is 0.152. The summed E-state index contributed by atoms with van der Waals surface area (Å²) in [5, 5.41) is 3.62. The van der Waals surface area contributed by atoms with Crippen LogP contribution in [0.15, 0.2) is 0 Å². The second-order valence-electron chi connectivity index (χ2n) is 5.93. The predicted molar refractivity (Wildman–Crippen MR) is 84.6 cm³/mol. The quantitative estimate of drug-likeness (QED) is 0.683. The van der Waals surface area contributed by atoms with Crippen molar-refractivity contribution in [1.82, 2.24) is 10.2 Å². The first-order valence-electron chi connectivity index (χ1n) is 7.61. The van der Waals surface area contributed by atoms with Crippen molar-refractivity contribution in [3.05, 3.63) is 0 Å². The SMILES string of the molecule is CCNCC1(CN(C)CCSC)CCCCCC1.